The second kappa shape index (κ2) is 4.35. The lowest BCUT2D eigenvalue weighted by molar-refractivity contribution is 0.0594. The molecule has 1 aromatic carbocycles. The molecular formula is C12H10BrF2NO2. The predicted molar refractivity (Wildman–Crippen MR) is 67.7 cm³/mol. The highest BCUT2D eigenvalue weighted by molar-refractivity contribution is 9.10. The Labute approximate surface area is 110 Å². The second-order valence-electron chi connectivity index (χ2n) is 3.86. The fourth-order valence-electron chi connectivity index (χ4n) is 1.83. The highest BCUT2D eigenvalue weighted by atomic mass is 79.9. The number of Topliss-reactive ketones (excluding diaryl/α,β-unsaturated/α-hetero) is 1. The van der Waals surface area contributed by atoms with E-state index in [4.69, 9.17) is 4.74 Å². The third-order valence-electron chi connectivity index (χ3n) is 2.70. The average molecular weight is 318 g/mol. The van der Waals surface area contributed by atoms with Crippen molar-refractivity contribution >= 4 is 32.6 Å². The lowest BCUT2D eigenvalue weighted by Crippen LogP contribution is -2.20. The highest BCUT2D eigenvalue weighted by Gasteiger charge is 2.37. The van der Waals surface area contributed by atoms with Crippen LogP contribution < -0.4 is 4.74 Å². The first kappa shape index (κ1) is 13.0. The predicted octanol–water partition coefficient (Wildman–Crippen LogP) is 3.36. The van der Waals surface area contributed by atoms with E-state index in [0.29, 0.717) is 16.7 Å². The van der Waals surface area contributed by atoms with Crippen molar-refractivity contribution < 1.29 is 18.3 Å². The summed E-state index contributed by atoms with van der Waals surface area (Å²) in [6.07, 6.45) is 1.39. The first-order chi connectivity index (χ1) is 8.34. The van der Waals surface area contributed by atoms with Crippen LogP contribution in [0.25, 0.3) is 10.9 Å². The molecule has 1 heterocycles. The molecule has 0 radical (unpaired) electrons. The average Bonchev–Trinajstić information content (AvgIpc) is 2.64. The third-order valence-corrected chi connectivity index (χ3v) is 3.06. The number of alkyl halides is 3. The number of fused-ring (bicyclic) bond motifs is 1. The van der Waals surface area contributed by atoms with Gasteiger partial charge in [0.15, 0.2) is 0 Å². The van der Waals surface area contributed by atoms with Crippen LogP contribution in [0.15, 0.2) is 24.4 Å². The van der Waals surface area contributed by atoms with Gasteiger partial charge in [0.05, 0.1) is 12.7 Å². The number of nitrogens with zero attached hydrogens (tertiary/aromatic N) is 1. The van der Waals surface area contributed by atoms with Crippen LogP contribution >= 0.6 is 15.9 Å². The number of methoxy groups -OCH3 is 1. The molecule has 0 N–H and O–H groups in total. The van der Waals surface area contributed by atoms with E-state index in [1.165, 1.54) is 13.3 Å². The number of aromatic nitrogens is 1. The molecule has 0 spiro atoms. The van der Waals surface area contributed by atoms with Crippen molar-refractivity contribution in [2.75, 3.05) is 7.11 Å². The van der Waals surface area contributed by atoms with E-state index in [1.807, 2.05) is 0 Å². The third kappa shape index (κ3) is 2.12. The number of hydrogen-bond donors (Lipinski definition) is 0. The number of ether oxygens (including phenoxy) is 1. The van der Waals surface area contributed by atoms with Gasteiger partial charge in [0.25, 0.3) is 0 Å². The van der Waals surface area contributed by atoms with Gasteiger partial charge >= 0.3 is 4.83 Å². The molecule has 96 valence electrons. The summed E-state index contributed by atoms with van der Waals surface area (Å²) < 4.78 is 32.8. The van der Waals surface area contributed by atoms with Gasteiger partial charge in [-0.05, 0) is 34.1 Å². The number of ketones is 1. The van der Waals surface area contributed by atoms with Crippen molar-refractivity contribution in [2.24, 2.45) is 7.05 Å². The zero-order chi connectivity index (χ0) is 13.5. The van der Waals surface area contributed by atoms with Crippen molar-refractivity contribution in [3.8, 4) is 5.75 Å². The number of benzene rings is 1. The Morgan fingerprint density at radius 3 is 2.67 bits per heavy atom. The zero-order valence-electron chi connectivity index (χ0n) is 9.71. The van der Waals surface area contributed by atoms with E-state index in [0.717, 1.165) is 0 Å². The quantitative estimate of drug-likeness (QED) is 0.642. The fourth-order valence-corrected chi connectivity index (χ4v) is 2.05. The van der Waals surface area contributed by atoms with Gasteiger partial charge < -0.3 is 9.30 Å². The maximum atomic E-state index is 13.0. The van der Waals surface area contributed by atoms with Crippen LogP contribution in [0.2, 0.25) is 0 Å². The summed E-state index contributed by atoms with van der Waals surface area (Å²) in [6, 6.07) is 5.00. The zero-order valence-corrected chi connectivity index (χ0v) is 11.3. The summed E-state index contributed by atoms with van der Waals surface area (Å²) >= 11 is 2.09. The Balaban J connectivity index is 2.68. The smallest absolute Gasteiger partial charge is 0.363 e. The van der Waals surface area contributed by atoms with Gasteiger partial charge in [0.1, 0.15) is 5.75 Å². The van der Waals surface area contributed by atoms with Gasteiger partial charge in [-0.25, -0.2) is 0 Å². The van der Waals surface area contributed by atoms with Crippen LogP contribution in [0.3, 0.4) is 0 Å². The Bertz CT molecular complexity index is 616. The van der Waals surface area contributed by atoms with Gasteiger partial charge in [-0.2, -0.15) is 8.78 Å². The van der Waals surface area contributed by atoms with E-state index in [2.05, 4.69) is 15.9 Å². The van der Waals surface area contributed by atoms with Crippen molar-refractivity contribution in [1.82, 2.24) is 4.57 Å². The van der Waals surface area contributed by atoms with Crippen LogP contribution in [-0.4, -0.2) is 22.3 Å². The fraction of sp³-hybridized carbons (Fsp3) is 0.250. The van der Waals surface area contributed by atoms with Crippen LogP contribution in [-0.2, 0) is 7.05 Å². The Kier molecular flexibility index (Phi) is 3.14. The summed E-state index contributed by atoms with van der Waals surface area (Å²) in [5, 5.41) is 0.445. The number of halogens is 3. The SMILES string of the molecule is COc1ccc2c(c1)c(C(=O)C(F)(F)Br)cn2C. The largest absolute Gasteiger partial charge is 0.497 e. The summed E-state index contributed by atoms with van der Waals surface area (Å²) in [5.74, 6) is -0.748. The maximum Gasteiger partial charge on any atom is 0.363 e. The molecule has 0 aliphatic rings. The van der Waals surface area contributed by atoms with Crippen molar-refractivity contribution in [2.45, 2.75) is 4.83 Å². The molecule has 0 bridgehead atoms. The van der Waals surface area contributed by atoms with E-state index in [9.17, 15) is 13.6 Å². The lowest BCUT2D eigenvalue weighted by atomic mass is 10.1. The highest BCUT2D eigenvalue weighted by Crippen LogP contribution is 2.32. The lowest BCUT2D eigenvalue weighted by Gasteiger charge is -2.06. The maximum absolute atomic E-state index is 13.0. The molecule has 0 aliphatic heterocycles. The first-order valence-electron chi connectivity index (χ1n) is 5.09. The standard InChI is InChI=1S/C12H10BrF2NO2/c1-16-6-9(11(17)12(13,14)15)8-5-7(18-2)3-4-10(8)16/h3-6H,1-2H3. The molecule has 0 saturated heterocycles. The number of hydrogen-bond acceptors (Lipinski definition) is 2. The van der Waals surface area contributed by atoms with E-state index >= 15 is 0 Å². The van der Waals surface area contributed by atoms with E-state index < -0.39 is 10.6 Å². The molecule has 2 rings (SSSR count). The Morgan fingerprint density at radius 1 is 1.44 bits per heavy atom. The molecular weight excluding hydrogens is 308 g/mol. The minimum atomic E-state index is -3.57. The van der Waals surface area contributed by atoms with E-state index in [-0.39, 0.29) is 5.56 Å². The normalized spacial score (nSPS) is 11.8. The molecule has 6 heteroatoms. The molecule has 0 amide bonds. The Morgan fingerprint density at radius 2 is 2.11 bits per heavy atom. The van der Waals surface area contributed by atoms with Crippen molar-refractivity contribution in [3.05, 3.63) is 30.0 Å². The number of carbonyl (C=O) groups excluding carboxylic acids is 1. The molecule has 0 atom stereocenters. The second-order valence-corrected chi connectivity index (χ2v) is 4.86. The molecule has 0 saturated carbocycles. The number of aryl methyl sites for hydroxylation is 1. The van der Waals surface area contributed by atoms with Crippen LogP contribution in [0.5, 0.6) is 5.75 Å². The van der Waals surface area contributed by atoms with Gasteiger partial charge in [0, 0.05) is 24.1 Å². The van der Waals surface area contributed by atoms with Crippen molar-refractivity contribution in [1.29, 1.82) is 0 Å². The summed E-state index contributed by atoms with van der Waals surface area (Å²) in [7, 11) is 3.17. The van der Waals surface area contributed by atoms with Crippen LogP contribution in [0.1, 0.15) is 10.4 Å². The molecule has 0 fully saturated rings. The molecule has 0 unspecified atom stereocenters. The van der Waals surface area contributed by atoms with Gasteiger partial charge in [-0.15, -0.1) is 0 Å². The van der Waals surface area contributed by atoms with E-state index in [1.54, 1.807) is 29.8 Å². The number of carbonyl (C=O) groups is 1. The van der Waals surface area contributed by atoms with Gasteiger partial charge in [-0.3, -0.25) is 4.79 Å². The van der Waals surface area contributed by atoms with Crippen LogP contribution in [0, 0.1) is 0 Å². The van der Waals surface area contributed by atoms with Gasteiger partial charge in [-0.1, -0.05) is 0 Å². The minimum Gasteiger partial charge on any atom is -0.497 e. The molecule has 3 nitrogen and oxygen atoms in total. The van der Waals surface area contributed by atoms with Crippen LogP contribution in [0.4, 0.5) is 8.78 Å². The monoisotopic (exact) mass is 317 g/mol. The minimum absolute atomic E-state index is 0.0340. The molecule has 2 aromatic rings. The summed E-state index contributed by atoms with van der Waals surface area (Å²) in [4.78, 5) is 8.08. The summed E-state index contributed by atoms with van der Waals surface area (Å²) in [6.45, 7) is 0. The first-order valence-corrected chi connectivity index (χ1v) is 5.88. The Hall–Kier alpha value is -1.43. The number of rotatable bonds is 3. The molecule has 0 aliphatic carbocycles. The van der Waals surface area contributed by atoms with Gasteiger partial charge in [0.2, 0.25) is 5.78 Å². The summed E-state index contributed by atoms with van der Waals surface area (Å²) in [5.41, 5.74) is 0.657. The molecule has 1 aromatic heterocycles. The van der Waals surface area contributed by atoms with Crippen molar-refractivity contribution in [3.63, 3.8) is 0 Å². The topological polar surface area (TPSA) is 31.2 Å². The molecule has 18 heavy (non-hydrogen) atoms.